The van der Waals surface area contributed by atoms with Crippen molar-refractivity contribution in [1.82, 2.24) is 4.90 Å². The standard InChI is InChI=1S/C26H28FN3O3/c1-18(2)33-26-24-20(16-22(27)25(26)29-13-11-28(3)12-14-29)15-21(17-30(24)32)23(31)10-9-19-7-5-4-6-8-19/h4-10,15-18H,11-14H2,1-3H3. The van der Waals surface area contributed by atoms with Gasteiger partial charge in [-0.3, -0.25) is 4.79 Å². The number of ketones is 1. The molecular formula is C26H28FN3O3. The van der Waals surface area contributed by atoms with Crippen LogP contribution in [-0.2, 0) is 0 Å². The first-order chi connectivity index (χ1) is 15.8. The lowest BCUT2D eigenvalue weighted by atomic mass is 10.1. The van der Waals surface area contributed by atoms with Crippen molar-refractivity contribution in [3.63, 3.8) is 0 Å². The van der Waals surface area contributed by atoms with Crippen LogP contribution in [0.3, 0.4) is 0 Å². The zero-order chi connectivity index (χ0) is 23.5. The first-order valence-corrected chi connectivity index (χ1v) is 11.1. The molecule has 3 aromatic rings. The van der Waals surface area contributed by atoms with Gasteiger partial charge < -0.3 is 19.7 Å². The molecule has 0 N–H and O–H groups in total. The normalized spacial score (nSPS) is 15.0. The van der Waals surface area contributed by atoms with Gasteiger partial charge in [0.05, 0.1) is 17.1 Å². The number of aromatic nitrogens is 1. The number of fused-ring (bicyclic) bond motifs is 1. The predicted molar refractivity (Wildman–Crippen MR) is 128 cm³/mol. The lowest BCUT2D eigenvalue weighted by Gasteiger charge is -2.35. The molecule has 172 valence electrons. The van der Waals surface area contributed by atoms with E-state index in [0.717, 1.165) is 18.7 Å². The topological polar surface area (TPSA) is 59.7 Å². The van der Waals surface area contributed by atoms with Crippen molar-refractivity contribution in [2.75, 3.05) is 38.1 Å². The summed E-state index contributed by atoms with van der Waals surface area (Å²) >= 11 is 0. The van der Waals surface area contributed by atoms with E-state index in [0.29, 0.717) is 28.9 Å². The van der Waals surface area contributed by atoms with Crippen LogP contribution >= 0.6 is 0 Å². The fraction of sp³-hybridized carbons (Fsp3) is 0.308. The van der Waals surface area contributed by atoms with Crippen LogP contribution < -0.4 is 14.4 Å². The summed E-state index contributed by atoms with van der Waals surface area (Å²) in [5, 5.41) is 13.4. The molecule has 0 aliphatic carbocycles. The molecule has 33 heavy (non-hydrogen) atoms. The molecule has 1 aliphatic rings. The number of halogens is 1. The molecule has 0 atom stereocenters. The number of ether oxygens (including phenoxy) is 1. The maximum atomic E-state index is 15.4. The van der Waals surface area contributed by atoms with Crippen LogP contribution in [0.2, 0.25) is 0 Å². The number of benzene rings is 2. The average Bonchev–Trinajstić information content (AvgIpc) is 2.78. The second-order valence-electron chi connectivity index (χ2n) is 8.59. The molecule has 7 heteroatoms. The van der Waals surface area contributed by atoms with E-state index in [1.165, 1.54) is 18.3 Å². The van der Waals surface area contributed by atoms with Gasteiger partial charge in [-0.05, 0) is 44.7 Å². The second-order valence-corrected chi connectivity index (χ2v) is 8.59. The maximum Gasteiger partial charge on any atom is 0.268 e. The van der Waals surface area contributed by atoms with Gasteiger partial charge in [-0.1, -0.05) is 36.4 Å². The van der Waals surface area contributed by atoms with E-state index in [1.54, 1.807) is 12.1 Å². The molecule has 6 nitrogen and oxygen atoms in total. The Labute approximate surface area is 193 Å². The van der Waals surface area contributed by atoms with Crippen molar-refractivity contribution in [3.8, 4) is 5.75 Å². The van der Waals surface area contributed by atoms with Gasteiger partial charge in [0.15, 0.2) is 17.8 Å². The average molecular weight is 450 g/mol. The van der Waals surface area contributed by atoms with Crippen LogP contribution in [0.25, 0.3) is 17.0 Å². The monoisotopic (exact) mass is 449 g/mol. The Morgan fingerprint density at radius 1 is 1.15 bits per heavy atom. The van der Waals surface area contributed by atoms with Crippen molar-refractivity contribution < 1.29 is 18.7 Å². The fourth-order valence-electron chi connectivity index (χ4n) is 4.00. The minimum absolute atomic E-state index is 0.187. The summed E-state index contributed by atoms with van der Waals surface area (Å²) in [5.74, 6) is -0.578. The summed E-state index contributed by atoms with van der Waals surface area (Å²) in [5.41, 5.74) is 1.59. The SMILES string of the molecule is CC(C)Oc1c(N2CCN(C)CC2)c(F)cc2cc(C(=O)C=Cc3ccccc3)c[n+]([O-])c12. The minimum atomic E-state index is -0.466. The quantitative estimate of drug-likeness (QED) is 0.246. The molecule has 2 heterocycles. The summed E-state index contributed by atoms with van der Waals surface area (Å²) in [6.45, 7) is 6.52. The summed E-state index contributed by atoms with van der Waals surface area (Å²) in [6.07, 6.45) is 4.08. The summed E-state index contributed by atoms with van der Waals surface area (Å²) < 4.78 is 22.0. The number of hydrogen-bond donors (Lipinski definition) is 0. The lowest BCUT2D eigenvalue weighted by Crippen LogP contribution is -2.45. The van der Waals surface area contributed by atoms with Gasteiger partial charge in [0.2, 0.25) is 5.75 Å². The van der Waals surface area contributed by atoms with Crippen molar-refractivity contribution in [2.45, 2.75) is 20.0 Å². The second kappa shape index (κ2) is 9.58. The summed E-state index contributed by atoms with van der Waals surface area (Å²) in [6, 6.07) is 12.3. The number of rotatable bonds is 6. The molecule has 0 bridgehead atoms. The van der Waals surface area contributed by atoms with E-state index in [9.17, 15) is 10.0 Å². The highest BCUT2D eigenvalue weighted by atomic mass is 19.1. The molecule has 0 radical (unpaired) electrons. The Kier molecular flexibility index (Phi) is 6.60. The van der Waals surface area contributed by atoms with E-state index in [2.05, 4.69) is 4.90 Å². The number of carbonyl (C=O) groups excluding carboxylic acids is 1. The number of allylic oxidation sites excluding steroid dienone is 1. The number of pyridine rings is 1. The van der Waals surface area contributed by atoms with Crippen LogP contribution in [-0.4, -0.2) is 50.0 Å². The first-order valence-electron chi connectivity index (χ1n) is 11.1. The number of carbonyl (C=O) groups is 1. The maximum absolute atomic E-state index is 15.4. The van der Waals surface area contributed by atoms with Crippen LogP contribution in [0.5, 0.6) is 5.75 Å². The smallest absolute Gasteiger partial charge is 0.268 e. The van der Waals surface area contributed by atoms with Crippen LogP contribution in [0.4, 0.5) is 10.1 Å². The largest absolute Gasteiger partial charge is 0.618 e. The van der Waals surface area contributed by atoms with Gasteiger partial charge in [-0.2, -0.15) is 4.73 Å². The third kappa shape index (κ3) is 4.98. The van der Waals surface area contributed by atoms with E-state index >= 15 is 4.39 Å². The Hall–Kier alpha value is -3.45. The predicted octanol–water partition coefficient (Wildman–Crippen LogP) is 4.05. The van der Waals surface area contributed by atoms with Crippen LogP contribution in [0, 0.1) is 11.0 Å². The Bertz CT molecular complexity index is 1190. The molecule has 1 aromatic heterocycles. The summed E-state index contributed by atoms with van der Waals surface area (Å²) in [7, 11) is 2.02. The van der Waals surface area contributed by atoms with Gasteiger partial charge in [0.25, 0.3) is 5.52 Å². The molecule has 0 saturated carbocycles. The van der Waals surface area contributed by atoms with Gasteiger partial charge in [-0.15, -0.1) is 0 Å². The number of hydrogen-bond acceptors (Lipinski definition) is 5. The molecule has 1 saturated heterocycles. The van der Waals surface area contributed by atoms with Crippen LogP contribution in [0.15, 0.2) is 54.7 Å². The van der Waals surface area contributed by atoms with E-state index < -0.39 is 5.82 Å². The highest BCUT2D eigenvalue weighted by molar-refractivity contribution is 6.08. The minimum Gasteiger partial charge on any atom is -0.618 e. The zero-order valence-corrected chi connectivity index (χ0v) is 19.1. The van der Waals surface area contributed by atoms with Gasteiger partial charge in [0, 0.05) is 26.2 Å². The van der Waals surface area contributed by atoms with Crippen molar-refractivity contribution in [3.05, 3.63) is 76.9 Å². The number of likely N-dealkylation sites (N-methyl/N-ethyl adjacent to an activating group) is 1. The number of nitrogens with zero attached hydrogens (tertiary/aromatic N) is 3. The Morgan fingerprint density at radius 2 is 1.85 bits per heavy atom. The molecule has 1 aliphatic heterocycles. The van der Waals surface area contributed by atoms with E-state index in [1.807, 2.05) is 56.1 Å². The van der Waals surface area contributed by atoms with Gasteiger partial charge >= 0.3 is 0 Å². The Morgan fingerprint density at radius 3 is 2.52 bits per heavy atom. The van der Waals surface area contributed by atoms with Gasteiger partial charge in [0.1, 0.15) is 5.69 Å². The van der Waals surface area contributed by atoms with E-state index in [4.69, 9.17) is 4.74 Å². The van der Waals surface area contributed by atoms with Crippen molar-refractivity contribution in [1.29, 1.82) is 0 Å². The van der Waals surface area contributed by atoms with Crippen molar-refractivity contribution >= 4 is 28.4 Å². The molecule has 0 spiro atoms. The highest BCUT2D eigenvalue weighted by Crippen LogP contribution is 2.38. The Balaban J connectivity index is 1.77. The fourth-order valence-corrected chi connectivity index (χ4v) is 4.00. The first kappa shape index (κ1) is 22.7. The molecule has 1 fully saturated rings. The molecular weight excluding hydrogens is 421 g/mol. The summed E-state index contributed by atoms with van der Waals surface area (Å²) in [4.78, 5) is 16.8. The third-order valence-corrected chi connectivity index (χ3v) is 5.68. The molecule has 0 unspecified atom stereocenters. The van der Waals surface area contributed by atoms with E-state index in [-0.39, 0.29) is 28.7 Å². The van der Waals surface area contributed by atoms with Gasteiger partial charge in [-0.25, -0.2) is 4.39 Å². The van der Waals surface area contributed by atoms with Crippen LogP contribution in [0.1, 0.15) is 29.8 Å². The lowest BCUT2D eigenvalue weighted by molar-refractivity contribution is -0.577. The molecule has 4 rings (SSSR count). The number of piperazine rings is 1. The molecule has 2 aromatic carbocycles. The third-order valence-electron chi connectivity index (χ3n) is 5.68. The highest BCUT2D eigenvalue weighted by Gasteiger charge is 2.28. The van der Waals surface area contributed by atoms with Crippen molar-refractivity contribution in [2.24, 2.45) is 0 Å². The number of anilines is 1. The zero-order valence-electron chi connectivity index (χ0n) is 19.1. The molecule has 0 amide bonds.